The quantitative estimate of drug-likeness (QED) is 0.533. The molecule has 0 aliphatic carbocycles. The first-order chi connectivity index (χ1) is 8.34. The zero-order chi connectivity index (χ0) is 12.3. The largest absolute Gasteiger partial charge is 0.489 e. The van der Waals surface area contributed by atoms with E-state index in [4.69, 9.17) is 10.5 Å². The van der Waals surface area contributed by atoms with Crippen molar-refractivity contribution in [2.45, 2.75) is 38.5 Å². The molecule has 1 aromatic rings. The van der Waals surface area contributed by atoms with Gasteiger partial charge in [0, 0.05) is 6.20 Å². The summed E-state index contributed by atoms with van der Waals surface area (Å²) >= 11 is 0. The average Bonchev–Trinajstić information content (AvgIpc) is 2.35. The Morgan fingerprint density at radius 3 is 2.53 bits per heavy atom. The molecule has 3 nitrogen and oxygen atoms in total. The first kappa shape index (κ1) is 13.9. The molecule has 0 saturated heterocycles. The van der Waals surface area contributed by atoms with Crippen molar-refractivity contribution in [2.24, 2.45) is 5.73 Å². The number of aromatic nitrogens is 1. The molecule has 0 fully saturated rings. The summed E-state index contributed by atoms with van der Waals surface area (Å²) in [6, 6.07) is 3.27. The van der Waals surface area contributed by atoms with Crippen molar-refractivity contribution in [1.82, 2.24) is 4.98 Å². The SMILES string of the molecule is NCCCCCCCCOc1cccnc1F. The van der Waals surface area contributed by atoms with Gasteiger partial charge < -0.3 is 10.5 Å². The maximum absolute atomic E-state index is 13.1. The van der Waals surface area contributed by atoms with E-state index in [0.717, 1.165) is 25.8 Å². The van der Waals surface area contributed by atoms with Crippen LogP contribution in [0.1, 0.15) is 38.5 Å². The normalized spacial score (nSPS) is 10.5. The van der Waals surface area contributed by atoms with E-state index in [-0.39, 0.29) is 5.75 Å². The van der Waals surface area contributed by atoms with Crippen molar-refractivity contribution in [3.8, 4) is 5.75 Å². The van der Waals surface area contributed by atoms with Gasteiger partial charge >= 0.3 is 0 Å². The smallest absolute Gasteiger partial charge is 0.255 e. The van der Waals surface area contributed by atoms with Gasteiger partial charge in [-0.25, -0.2) is 4.98 Å². The molecule has 0 aromatic carbocycles. The van der Waals surface area contributed by atoms with Gasteiger partial charge in [-0.3, -0.25) is 0 Å². The third-order valence-corrected chi connectivity index (χ3v) is 2.58. The maximum Gasteiger partial charge on any atom is 0.255 e. The van der Waals surface area contributed by atoms with Crippen LogP contribution in [0.15, 0.2) is 18.3 Å². The Bertz CT molecular complexity index is 307. The summed E-state index contributed by atoms with van der Waals surface area (Å²) in [5.74, 6) is -0.286. The number of ether oxygens (including phenoxy) is 1. The number of pyridine rings is 1. The van der Waals surface area contributed by atoms with Crippen molar-refractivity contribution >= 4 is 0 Å². The second kappa shape index (κ2) is 8.93. The highest BCUT2D eigenvalue weighted by atomic mass is 19.1. The highest BCUT2D eigenvalue weighted by molar-refractivity contribution is 5.17. The summed E-state index contributed by atoms with van der Waals surface area (Å²) in [4.78, 5) is 3.52. The molecular formula is C13H21FN2O. The van der Waals surface area contributed by atoms with Gasteiger partial charge in [0.1, 0.15) is 0 Å². The van der Waals surface area contributed by atoms with Crippen LogP contribution < -0.4 is 10.5 Å². The number of unbranched alkanes of at least 4 members (excludes halogenated alkanes) is 5. The Hall–Kier alpha value is -1.16. The van der Waals surface area contributed by atoms with E-state index in [9.17, 15) is 4.39 Å². The predicted octanol–water partition coefficient (Wildman–Crippen LogP) is 2.90. The van der Waals surface area contributed by atoms with Gasteiger partial charge in [-0.05, 0) is 31.5 Å². The van der Waals surface area contributed by atoms with E-state index in [1.54, 1.807) is 12.1 Å². The first-order valence-electron chi connectivity index (χ1n) is 6.28. The predicted molar refractivity (Wildman–Crippen MR) is 66.4 cm³/mol. The Kier molecular flexibility index (Phi) is 7.30. The van der Waals surface area contributed by atoms with Gasteiger partial charge in [-0.1, -0.05) is 25.7 Å². The van der Waals surface area contributed by atoms with Crippen LogP contribution in [0.25, 0.3) is 0 Å². The topological polar surface area (TPSA) is 48.1 Å². The molecule has 1 aromatic heterocycles. The number of nitrogens with zero attached hydrogens (tertiary/aromatic N) is 1. The molecule has 0 saturated carbocycles. The van der Waals surface area contributed by atoms with Crippen molar-refractivity contribution < 1.29 is 9.13 Å². The molecule has 1 heterocycles. The van der Waals surface area contributed by atoms with E-state index >= 15 is 0 Å². The molecule has 17 heavy (non-hydrogen) atoms. The molecule has 96 valence electrons. The van der Waals surface area contributed by atoms with Gasteiger partial charge in [-0.2, -0.15) is 4.39 Å². The molecule has 0 bridgehead atoms. The fourth-order valence-electron chi connectivity index (χ4n) is 1.61. The van der Waals surface area contributed by atoms with Crippen molar-refractivity contribution in [3.05, 3.63) is 24.3 Å². The third kappa shape index (κ3) is 6.22. The van der Waals surface area contributed by atoms with E-state index in [0.29, 0.717) is 6.61 Å². The summed E-state index contributed by atoms with van der Waals surface area (Å²) in [6.45, 7) is 1.34. The van der Waals surface area contributed by atoms with Crippen molar-refractivity contribution in [1.29, 1.82) is 0 Å². The van der Waals surface area contributed by atoms with Crippen LogP contribution in [0.3, 0.4) is 0 Å². The van der Waals surface area contributed by atoms with E-state index in [1.165, 1.54) is 25.5 Å². The summed E-state index contributed by atoms with van der Waals surface area (Å²) in [6.07, 6.45) is 8.21. The lowest BCUT2D eigenvalue weighted by Gasteiger charge is -2.06. The van der Waals surface area contributed by atoms with Crippen LogP contribution in [0.5, 0.6) is 5.75 Å². The Morgan fingerprint density at radius 2 is 1.82 bits per heavy atom. The molecule has 1 rings (SSSR count). The summed E-state index contributed by atoms with van der Waals surface area (Å²) in [5, 5.41) is 0. The first-order valence-corrected chi connectivity index (χ1v) is 6.28. The zero-order valence-corrected chi connectivity index (χ0v) is 10.2. The molecule has 0 radical (unpaired) electrons. The van der Waals surface area contributed by atoms with Gasteiger partial charge in [0.05, 0.1) is 6.61 Å². The standard InChI is InChI=1S/C13H21FN2O/c14-13-12(8-7-10-16-13)17-11-6-4-2-1-3-5-9-15/h7-8,10H,1-6,9,11,15H2. The van der Waals surface area contributed by atoms with E-state index < -0.39 is 5.95 Å². The lowest BCUT2D eigenvalue weighted by Crippen LogP contribution is -2.00. The number of halogens is 1. The zero-order valence-electron chi connectivity index (χ0n) is 10.2. The minimum absolute atomic E-state index is 0.246. The molecule has 0 unspecified atom stereocenters. The highest BCUT2D eigenvalue weighted by Gasteiger charge is 2.01. The number of hydrogen-bond acceptors (Lipinski definition) is 3. The van der Waals surface area contributed by atoms with Crippen molar-refractivity contribution in [3.63, 3.8) is 0 Å². The van der Waals surface area contributed by atoms with Crippen LogP contribution in [-0.2, 0) is 0 Å². The van der Waals surface area contributed by atoms with Crippen LogP contribution in [-0.4, -0.2) is 18.1 Å². The molecule has 0 aliphatic heterocycles. The van der Waals surface area contributed by atoms with Crippen LogP contribution in [0.4, 0.5) is 4.39 Å². The Balaban J connectivity index is 1.99. The average molecular weight is 240 g/mol. The van der Waals surface area contributed by atoms with Gasteiger partial charge in [-0.15, -0.1) is 0 Å². The molecule has 0 atom stereocenters. The van der Waals surface area contributed by atoms with Crippen molar-refractivity contribution in [2.75, 3.05) is 13.2 Å². The monoisotopic (exact) mass is 240 g/mol. The third-order valence-electron chi connectivity index (χ3n) is 2.58. The van der Waals surface area contributed by atoms with Crippen LogP contribution in [0, 0.1) is 5.95 Å². The molecular weight excluding hydrogens is 219 g/mol. The fraction of sp³-hybridized carbons (Fsp3) is 0.615. The number of rotatable bonds is 9. The lowest BCUT2D eigenvalue weighted by molar-refractivity contribution is 0.286. The minimum atomic E-state index is -0.532. The lowest BCUT2D eigenvalue weighted by atomic mass is 10.1. The fourth-order valence-corrected chi connectivity index (χ4v) is 1.61. The van der Waals surface area contributed by atoms with E-state index in [1.807, 2.05) is 0 Å². The maximum atomic E-state index is 13.1. The second-order valence-electron chi connectivity index (χ2n) is 4.05. The van der Waals surface area contributed by atoms with Gasteiger partial charge in [0.25, 0.3) is 5.95 Å². The van der Waals surface area contributed by atoms with Gasteiger partial charge in [0.2, 0.25) is 0 Å². The Labute approximate surface area is 102 Å². The van der Waals surface area contributed by atoms with E-state index in [2.05, 4.69) is 4.98 Å². The molecule has 4 heteroatoms. The highest BCUT2D eigenvalue weighted by Crippen LogP contribution is 2.13. The number of hydrogen-bond donors (Lipinski definition) is 1. The summed E-state index contributed by atoms with van der Waals surface area (Å²) in [5.41, 5.74) is 5.41. The van der Waals surface area contributed by atoms with Crippen LogP contribution >= 0.6 is 0 Å². The molecule has 2 N–H and O–H groups in total. The summed E-state index contributed by atoms with van der Waals surface area (Å²) < 4.78 is 18.4. The van der Waals surface area contributed by atoms with Crippen LogP contribution in [0.2, 0.25) is 0 Å². The molecule has 0 spiro atoms. The second-order valence-corrected chi connectivity index (χ2v) is 4.05. The Morgan fingerprint density at radius 1 is 1.12 bits per heavy atom. The summed E-state index contributed by atoms with van der Waals surface area (Å²) in [7, 11) is 0. The number of nitrogens with two attached hydrogens (primary N) is 1. The minimum Gasteiger partial charge on any atom is -0.489 e. The molecule has 0 amide bonds. The van der Waals surface area contributed by atoms with Gasteiger partial charge in [0.15, 0.2) is 5.75 Å². The molecule has 0 aliphatic rings.